The molecule has 0 fully saturated rings. The lowest BCUT2D eigenvalue weighted by Crippen LogP contribution is -2.52. The van der Waals surface area contributed by atoms with Crippen LogP contribution in [0, 0.1) is 5.82 Å². The van der Waals surface area contributed by atoms with Crippen LogP contribution in [0.25, 0.3) is 0 Å². The molecule has 34 heavy (non-hydrogen) atoms. The fourth-order valence-electron chi connectivity index (χ4n) is 2.89. The summed E-state index contributed by atoms with van der Waals surface area (Å²) in [5.41, 5.74) is -4.59. The molecule has 0 aliphatic heterocycles. The average Bonchev–Trinajstić information content (AvgIpc) is 3.16. The van der Waals surface area contributed by atoms with Crippen molar-refractivity contribution in [2.75, 3.05) is 11.9 Å². The van der Waals surface area contributed by atoms with Gasteiger partial charge in [0.1, 0.15) is 10.0 Å². The number of nitrogens with one attached hydrogen (secondary N) is 3. The van der Waals surface area contributed by atoms with E-state index in [-0.39, 0.29) is 23.9 Å². The smallest absolute Gasteiger partial charge is 0.383 e. The lowest BCUT2D eigenvalue weighted by molar-refractivity contribution is -0.196. The van der Waals surface area contributed by atoms with Crippen LogP contribution in [-0.4, -0.2) is 33.1 Å². The van der Waals surface area contributed by atoms with Gasteiger partial charge in [-0.15, -0.1) is 11.3 Å². The summed E-state index contributed by atoms with van der Waals surface area (Å²) in [5, 5.41) is 4.17. The van der Waals surface area contributed by atoms with Crippen molar-refractivity contribution in [1.29, 1.82) is 0 Å². The minimum Gasteiger partial charge on any atom is -0.383 e. The van der Waals surface area contributed by atoms with Crippen LogP contribution in [0.4, 0.5) is 36.4 Å². The second-order valence-electron chi connectivity index (χ2n) is 7.51. The number of amides is 1. The Morgan fingerprint density at radius 3 is 2.24 bits per heavy atom. The monoisotopic (exact) mass is 535 g/mol. The number of carbonyl (C=O) groups excluding carboxylic acids is 1. The molecule has 0 radical (unpaired) electrons. The second kappa shape index (κ2) is 9.70. The Balaban J connectivity index is 2.19. The highest BCUT2D eigenvalue weighted by Gasteiger charge is 2.54. The molecule has 2 rings (SSSR count). The largest absolute Gasteiger partial charge is 0.418 e. The van der Waals surface area contributed by atoms with E-state index >= 15 is 0 Å². The van der Waals surface area contributed by atoms with Crippen LogP contribution >= 0.6 is 11.3 Å². The van der Waals surface area contributed by atoms with Crippen LogP contribution in [0.3, 0.4) is 0 Å². The zero-order valence-corrected chi connectivity index (χ0v) is 19.5. The molecule has 1 unspecified atom stereocenters. The van der Waals surface area contributed by atoms with Gasteiger partial charge in [0, 0.05) is 30.1 Å². The third-order valence-corrected chi connectivity index (χ3v) is 7.96. The van der Waals surface area contributed by atoms with E-state index in [1.165, 1.54) is 6.92 Å². The van der Waals surface area contributed by atoms with Gasteiger partial charge in [0.2, 0.25) is 15.9 Å². The molecule has 1 amide bonds. The Kier molecular flexibility index (Phi) is 7.94. The first-order chi connectivity index (χ1) is 15.4. The lowest BCUT2D eigenvalue weighted by atomic mass is 9.99. The Labute approximate surface area is 194 Å². The van der Waals surface area contributed by atoms with E-state index < -0.39 is 66.0 Å². The molecule has 6 nitrogen and oxygen atoms in total. The van der Waals surface area contributed by atoms with Gasteiger partial charge < -0.3 is 10.6 Å². The van der Waals surface area contributed by atoms with E-state index in [0.29, 0.717) is 6.92 Å². The van der Waals surface area contributed by atoms with Crippen molar-refractivity contribution in [1.82, 2.24) is 10.0 Å². The molecule has 0 aliphatic rings. The Hall–Kier alpha value is -2.39. The predicted octanol–water partition coefficient (Wildman–Crippen LogP) is 4.60. The summed E-state index contributed by atoms with van der Waals surface area (Å²) in [6.45, 7) is 2.54. The fourth-order valence-corrected chi connectivity index (χ4v) is 5.58. The number of benzene rings is 1. The molecule has 2 aromatic rings. The molecule has 0 spiro atoms. The Bertz CT molecular complexity index is 1150. The number of carbonyl (C=O) groups is 1. The average molecular weight is 536 g/mol. The maximum atomic E-state index is 13.6. The molecule has 2 atom stereocenters. The van der Waals surface area contributed by atoms with Crippen LogP contribution in [0.2, 0.25) is 0 Å². The molecule has 1 heterocycles. The van der Waals surface area contributed by atoms with Gasteiger partial charge in [0.05, 0.1) is 5.56 Å². The quantitative estimate of drug-likeness (QED) is 0.432. The highest BCUT2D eigenvalue weighted by atomic mass is 32.2. The number of sulfonamides is 1. The van der Waals surface area contributed by atoms with Gasteiger partial charge in [-0.2, -0.15) is 26.3 Å². The molecule has 0 saturated heterocycles. The minimum absolute atomic E-state index is 0.283. The van der Waals surface area contributed by atoms with Gasteiger partial charge >= 0.3 is 12.4 Å². The number of alkyl halides is 6. The SMILES string of the molecule is CC(=O)NC(C)(c1ccc(S(=O)(=O)N[C@H](C)CNc2ccc(F)cc2C(F)(F)F)s1)C(F)(F)F. The molecule has 0 aliphatic carbocycles. The van der Waals surface area contributed by atoms with Crippen LogP contribution in [0.1, 0.15) is 31.2 Å². The summed E-state index contributed by atoms with van der Waals surface area (Å²) in [7, 11) is -4.36. The standard InChI is InChI=1S/C19H20F7N3O3S2/c1-10(9-27-14-5-4-12(20)8-13(14)18(21,22)23)29-34(31,32)16-7-6-15(33-16)17(3,19(24,25)26)28-11(2)30/h4-8,10,27,29H,9H2,1-3H3,(H,28,30)/t10-,17?/m1/s1. The third-order valence-electron chi connectivity index (χ3n) is 4.57. The van der Waals surface area contributed by atoms with E-state index in [9.17, 15) is 43.9 Å². The number of halogens is 7. The molecule has 1 aromatic carbocycles. The Morgan fingerprint density at radius 2 is 1.71 bits per heavy atom. The van der Waals surface area contributed by atoms with E-state index in [2.05, 4.69) is 10.0 Å². The molecule has 0 saturated carbocycles. The second-order valence-corrected chi connectivity index (χ2v) is 10.5. The van der Waals surface area contributed by atoms with Crippen molar-refractivity contribution >= 4 is 33.0 Å². The first-order valence-corrected chi connectivity index (χ1v) is 11.8. The van der Waals surface area contributed by atoms with E-state index in [0.717, 1.165) is 31.2 Å². The molecule has 1 aromatic heterocycles. The van der Waals surface area contributed by atoms with Crippen LogP contribution in [0.5, 0.6) is 0 Å². The topological polar surface area (TPSA) is 87.3 Å². The highest BCUT2D eigenvalue weighted by Crippen LogP contribution is 2.42. The fraction of sp³-hybridized carbons (Fsp3) is 0.421. The third kappa shape index (κ3) is 6.39. The zero-order valence-electron chi connectivity index (χ0n) is 17.9. The lowest BCUT2D eigenvalue weighted by Gasteiger charge is -2.31. The van der Waals surface area contributed by atoms with Gasteiger partial charge in [-0.05, 0) is 44.2 Å². The molecule has 3 N–H and O–H groups in total. The molecular weight excluding hydrogens is 515 g/mol. The van der Waals surface area contributed by atoms with E-state index in [1.54, 1.807) is 5.32 Å². The molecule has 190 valence electrons. The molecule has 0 bridgehead atoms. The summed E-state index contributed by atoms with van der Waals surface area (Å²) in [5.74, 6) is -2.08. The van der Waals surface area contributed by atoms with Crippen molar-refractivity contribution in [3.05, 3.63) is 46.6 Å². The molecule has 15 heteroatoms. The van der Waals surface area contributed by atoms with Crippen molar-refractivity contribution in [3.8, 4) is 0 Å². The van der Waals surface area contributed by atoms with Crippen molar-refractivity contribution in [3.63, 3.8) is 0 Å². The summed E-state index contributed by atoms with van der Waals surface area (Å²) in [4.78, 5) is 10.8. The minimum atomic E-state index is -4.93. The van der Waals surface area contributed by atoms with Gasteiger partial charge in [-0.1, -0.05) is 0 Å². The number of hydrogen-bond acceptors (Lipinski definition) is 5. The number of thiophene rings is 1. The van der Waals surface area contributed by atoms with Crippen molar-refractivity contribution < 1.29 is 43.9 Å². The first-order valence-electron chi connectivity index (χ1n) is 9.45. The summed E-state index contributed by atoms with van der Waals surface area (Å²) in [6.07, 6.45) is -9.79. The number of anilines is 1. The van der Waals surface area contributed by atoms with E-state index in [1.807, 2.05) is 0 Å². The summed E-state index contributed by atoms with van der Waals surface area (Å²) < 4.78 is 120. The summed E-state index contributed by atoms with van der Waals surface area (Å²) in [6, 6.07) is 2.77. The van der Waals surface area contributed by atoms with Crippen LogP contribution < -0.4 is 15.4 Å². The van der Waals surface area contributed by atoms with E-state index in [4.69, 9.17) is 0 Å². The highest BCUT2D eigenvalue weighted by molar-refractivity contribution is 7.91. The van der Waals surface area contributed by atoms with Gasteiger partial charge in [-0.3, -0.25) is 4.79 Å². The number of rotatable bonds is 8. The predicted molar refractivity (Wildman–Crippen MR) is 111 cm³/mol. The zero-order chi connectivity index (χ0) is 26.1. The van der Waals surface area contributed by atoms with Gasteiger partial charge in [-0.25, -0.2) is 17.5 Å². The van der Waals surface area contributed by atoms with Gasteiger partial charge in [0.25, 0.3) is 0 Å². The Morgan fingerprint density at radius 1 is 1.09 bits per heavy atom. The first kappa shape index (κ1) is 27.9. The maximum absolute atomic E-state index is 13.6. The van der Waals surface area contributed by atoms with Gasteiger partial charge in [0.15, 0.2) is 5.54 Å². The molecular formula is C19H20F7N3O3S2. The van der Waals surface area contributed by atoms with Crippen molar-refractivity contribution in [2.45, 2.75) is 48.9 Å². The summed E-state index contributed by atoms with van der Waals surface area (Å²) >= 11 is 0.283. The number of hydrogen-bond donors (Lipinski definition) is 3. The van der Waals surface area contributed by atoms with Crippen molar-refractivity contribution in [2.24, 2.45) is 0 Å². The van der Waals surface area contributed by atoms with Crippen LogP contribution in [-0.2, 0) is 26.5 Å². The maximum Gasteiger partial charge on any atom is 0.418 e. The normalized spacial score (nSPS) is 15.5. The van der Waals surface area contributed by atoms with Crippen LogP contribution in [0.15, 0.2) is 34.5 Å².